The number of rotatable bonds is 4. The Kier molecular flexibility index (Phi) is 4.68. The Labute approximate surface area is 181 Å². The second-order valence-corrected chi connectivity index (χ2v) is 9.45. The number of amides is 1. The highest BCUT2D eigenvalue weighted by Gasteiger charge is 2.62. The highest BCUT2D eigenvalue weighted by molar-refractivity contribution is 7.99. The topological polar surface area (TPSA) is 72.9 Å². The number of halogens is 1. The summed E-state index contributed by atoms with van der Waals surface area (Å²) in [4.78, 5) is 27.7. The van der Waals surface area contributed by atoms with Crippen molar-refractivity contribution in [3.8, 4) is 16.6 Å². The van der Waals surface area contributed by atoms with E-state index < -0.39 is 0 Å². The highest BCUT2D eigenvalue weighted by Crippen LogP contribution is 2.45. The smallest absolute Gasteiger partial charge is 0.284 e. The fourth-order valence-electron chi connectivity index (χ4n) is 3.91. The molecule has 2 unspecified atom stereocenters. The molecule has 1 aromatic carbocycles. The van der Waals surface area contributed by atoms with Gasteiger partial charge in [-0.2, -0.15) is 5.26 Å². The third-order valence-corrected chi connectivity index (χ3v) is 7.45. The van der Waals surface area contributed by atoms with E-state index in [1.165, 1.54) is 35.2 Å². The van der Waals surface area contributed by atoms with Crippen LogP contribution >= 0.6 is 23.1 Å². The number of likely N-dealkylation sites (tertiary alicyclic amines) is 1. The van der Waals surface area contributed by atoms with E-state index in [2.05, 4.69) is 23.1 Å². The Morgan fingerprint density at radius 2 is 2.10 bits per heavy atom. The van der Waals surface area contributed by atoms with Gasteiger partial charge in [0.1, 0.15) is 12.0 Å². The number of carbonyl (C=O) groups excluding carboxylic acids is 1. The number of nitrogens with zero attached hydrogens (tertiary/aromatic N) is 5. The van der Waals surface area contributed by atoms with Crippen molar-refractivity contribution in [2.24, 2.45) is 5.92 Å². The zero-order chi connectivity index (χ0) is 20.8. The molecule has 0 saturated carbocycles. The van der Waals surface area contributed by atoms with Gasteiger partial charge in [-0.3, -0.25) is 14.7 Å². The molecule has 0 radical (unpaired) electrons. The lowest BCUT2D eigenvalue weighted by atomic mass is 10.1. The average Bonchev–Trinajstić information content (AvgIpc) is 3.13. The monoisotopic (exact) mass is 437 g/mol. The first-order chi connectivity index (χ1) is 14.6. The van der Waals surface area contributed by atoms with Crippen LogP contribution in [0, 0.1) is 23.2 Å². The Bertz CT molecular complexity index is 1160. The molecule has 3 aromatic rings. The van der Waals surface area contributed by atoms with Crippen LogP contribution < -0.4 is 0 Å². The molecule has 0 spiro atoms. The van der Waals surface area contributed by atoms with Gasteiger partial charge < -0.3 is 4.90 Å². The van der Waals surface area contributed by atoms with Gasteiger partial charge in [-0.05, 0) is 36.2 Å². The third-order valence-electron chi connectivity index (χ3n) is 5.35. The highest BCUT2D eigenvalue weighted by atomic mass is 32.2. The van der Waals surface area contributed by atoms with Crippen molar-refractivity contribution in [1.29, 1.82) is 5.26 Å². The minimum Gasteiger partial charge on any atom is -0.306 e. The number of hydrogen-bond donors (Lipinski definition) is 0. The van der Waals surface area contributed by atoms with E-state index in [4.69, 9.17) is 0 Å². The van der Waals surface area contributed by atoms with E-state index in [0.29, 0.717) is 11.6 Å². The molecule has 0 N–H and O–H groups in total. The second kappa shape index (κ2) is 7.38. The van der Waals surface area contributed by atoms with Crippen molar-refractivity contribution in [2.75, 3.05) is 6.54 Å². The van der Waals surface area contributed by atoms with Gasteiger partial charge in [0, 0.05) is 40.5 Å². The summed E-state index contributed by atoms with van der Waals surface area (Å²) < 4.78 is 13.2. The maximum absolute atomic E-state index is 13.2. The van der Waals surface area contributed by atoms with Crippen LogP contribution in [0.25, 0.3) is 10.4 Å². The Balaban J connectivity index is 1.38. The van der Waals surface area contributed by atoms with Gasteiger partial charge in [0.05, 0.1) is 10.9 Å². The number of nitriles is 1. The fourth-order valence-corrected chi connectivity index (χ4v) is 5.79. The van der Waals surface area contributed by atoms with Crippen LogP contribution in [-0.2, 0) is 0 Å². The molecule has 2 fully saturated rings. The Morgan fingerprint density at radius 1 is 1.30 bits per heavy atom. The van der Waals surface area contributed by atoms with Crippen molar-refractivity contribution in [3.63, 3.8) is 0 Å². The summed E-state index contributed by atoms with van der Waals surface area (Å²) in [7, 11) is 0. The number of aromatic nitrogens is 2. The molecule has 2 saturated heterocycles. The van der Waals surface area contributed by atoms with Crippen molar-refractivity contribution < 1.29 is 9.18 Å². The van der Waals surface area contributed by atoms with Crippen LogP contribution in [0.15, 0.2) is 58.7 Å². The van der Waals surface area contributed by atoms with Crippen molar-refractivity contribution in [1.82, 2.24) is 19.8 Å². The van der Waals surface area contributed by atoms with Crippen molar-refractivity contribution in [3.05, 3.63) is 59.7 Å². The average molecular weight is 438 g/mol. The van der Waals surface area contributed by atoms with E-state index in [1.807, 2.05) is 6.07 Å². The summed E-state index contributed by atoms with van der Waals surface area (Å²) in [6, 6.07) is 8.30. The molecule has 3 atom stereocenters. The molecule has 5 rings (SSSR count). The van der Waals surface area contributed by atoms with Gasteiger partial charge in [-0.15, -0.1) is 11.3 Å². The molecule has 0 aliphatic carbocycles. The molecule has 150 valence electrons. The molecule has 1 amide bonds. The first kappa shape index (κ1) is 19.0. The van der Waals surface area contributed by atoms with Crippen LogP contribution in [-0.4, -0.2) is 44.4 Å². The minimum atomic E-state index is -0.274. The van der Waals surface area contributed by atoms with E-state index in [1.54, 1.807) is 40.5 Å². The molecular formula is C21H16FN5OS2. The summed E-state index contributed by atoms with van der Waals surface area (Å²) in [5, 5.41) is 9.67. The SMILES string of the molecule is CC1CN(C#N)C2[C@@H]1N2C(=O)c1ncc(-c2cnccc2Sc2ccc(F)cc2)s1. The molecule has 0 bridgehead atoms. The second-order valence-electron chi connectivity index (χ2n) is 7.30. The van der Waals surface area contributed by atoms with Crippen LogP contribution in [0.1, 0.15) is 16.7 Å². The molecule has 2 aliphatic heterocycles. The summed E-state index contributed by atoms with van der Waals surface area (Å²) in [6.45, 7) is 2.75. The number of fused-ring (bicyclic) bond motifs is 1. The Hall–Kier alpha value is -2.96. The molecule has 2 aromatic heterocycles. The number of benzene rings is 1. The minimum absolute atomic E-state index is 0.0903. The maximum atomic E-state index is 13.2. The van der Waals surface area contributed by atoms with E-state index >= 15 is 0 Å². The van der Waals surface area contributed by atoms with Crippen molar-refractivity contribution in [2.45, 2.75) is 28.9 Å². The molecule has 2 aliphatic rings. The predicted octanol–water partition coefficient (Wildman–Crippen LogP) is 4.08. The van der Waals surface area contributed by atoms with Gasteiger partial charge in [-0.1, -0.05) is 18.7 Å². The van der Waals surface area contributed by atoms with E-state index in [0.717, 1.165) is 20.2 Å². The molecule has 4 heterocycles. The summed E-state index contributed by atoms with van der Waals surface area (Å²) in [5.74, 6) is -0.135. The van der Waals surface area contributed by atoms with Gasteiger partial charge in [0.25, 0.3) is 5.91 Å². The lowest BCUT2D eigenvalue weighted by molar-refractivity contribution is 0.0816. The zero-order valence-electron chi connectivity index (χ0n) is 15.9. The summed E-state index contributed by atoms with van der Waals surface area (Å²) in [5.41, 5.74) is 0.876. The van der Waals surface area contributed by atoms with Gasteiger partial charge in [0.15, 0.2) is 11.2 Å². The lowest BCUT2D eigenvalue weighted by Crippen LogP contribution is -2.30. The van der Waals surface area contributed by atoms with Crippen LogP contribution in [0.5, 0.6) is 0 Å². The van der Waals surface area contributed by atoms with Crippen LogP contribution in [0.2, 0.25) is 0 Å². The third kappa shape index (κ3) is 3.22. The molecule has 30 heavy (non-hydrogen) atoms. The lowest BCUT2D eigenvalue weighted by Gasteiger charge is -2.16. The maximum Gasteiger partial charge on any atom is 0.284 e. The van der Waals surface area contributed by atoms with Gasteiger partial charge in [-0.25, -0.2) is 9.37 Å². The predicted molar refractivity (Wildman–Crippen MR) is 111 cm³/mol. The number of thiazole rings is 1. The number of hydrogen-bond acceptors (Lipinski definition) is 7. The largest absolute Gasteiger partial charge is 0.306 e. The summed E-state index contributed by atoms with van der Waals surface area (Å²) in [6.07, 6.45) is 7.19. The molecular weight excluding hydrogens is 421 g/mol. The van der Waals surface area contributed by atoms with Crippen LogP contribution in [0.3, 0.4) is 0 Å². The van der Waals surface area contributed by atoms with E-state index in [-0.39, 0.29) is 29.8 Å². The first-order valence-corrected chi connectivity index (χ1v) is 11.0. The fraction of sp³-hybridized carbons (Fsp3) is 0.238. The van der Waals surface area contributed by atoms with Crippen LogP contribution in [0.4, 0.5) is 4.39 Å². The van der Waals surface area contributed by atoms with Gasteiger partial charge >= 0.3 is 0 Å². The standard InChI is InChI=1S/C21H16FN5OS2/c1-12-10-26(11-23)20-18(12)27(20)21(28)19-25-9-17(30-19)15-8-24-7-6-16(15)29-14-4-2-13(22)3-5-14/h2-9,12,18,20H,10H2,1H3/t12?,18-,20?,27?/m1/s1. The molecule has 6 nitrogen and oxygen atoms in total. The van der Waals surface area contributed by atoms with E-state index in [9.17, 15) is 14.4 Å². The summed E-state index contributed by atoms with van der Waals surface area (Å²) >= 11 is 2.83. The van der Waals surface area contributed by atoms with Crippen molar-refractivity contribution >= 4 is 29.0 Å². The Morgan fingerprint density at radius 3 is 2.87 bits per heavy atom. The zero-order valence-corrected chi connectivity index (χ0v) is 17.5. The quantitative estimate of drug-likeness (QED) is 0.452. The number of carbonyl (C=O) groups is 1. The normalized spacial score (nSPS) is 22.0. The number of pyridine rings is 1. The van der Waals surface area contributed by atoms with Gasteiger partial charge in [0.2, 0.25) is 0 Å². The molecule has 9 heteroatoms. The first-order valence-electron chi connectivity index (χ1n) is 9.39.